The average molecular weight is 404 g/mol. The summed E-state index contributed by atoms with van der Waals surface area (Å²) < 4.78 is 0. The van der Waals surface area contributed by atoms with E-state index in [2.05, 4.69) is 0 Å². The molecule has 150 valence electrons. The lowest BCUT2D eigenvalue weighted by molar-refractivity contribution is -0.164. The van der Waals surface area contributed by atoms with E-state index in [0.717, 1.165) is 16.9 Å². The first kappa shape index (κ1) is 20.5. The van der Waals surface area contributed by atoms with Crippen LogP contribution in [0.1, 0.15) is 39.4 Å². The smallest absolute Gasteiger partial charge is 0.345 e. The molecule has 0 unspecified atom stereocenters. The molecule has 7 heteroatoms. The molecule has 1 aromatic heterocycles. The molecule has 0 radical (unpaired) electrons. The molecule has 28 heavy (non-hydrogen) atoms. The van der Waals surface area contributed by atoms with Crippen LogP contribution in [-0.4, -0.2) is 51.4 Å². The molecule has 2 aromatic rings. The summed E-state index contributed by atoms with van der Waals surface area (Å²) in [5.74, 6) is -1.92. The Morgan fingerprint density at radius 3 is 2.54 bits per heavy atom. The maximum atomic E-state index is 12.2. The van der Waals surface area contributed by atoms with Crippen LogP contribution in [0.3, 0.4) is 0 Å². The average Bonchev–Trinajstić information content (AvgIpc) is 3.14. The number of hydrogen-bond donors (Lipinski definition) is 3. The van der Waals surface area contributed by atoms with Gasteiger partial charge in [0, 0.05) is 24.5 Å². The van der Waals surface area contributed by atoms with Crippen LogP contribution < -0.4 is 0 Å². The third-order valence-electron chi connectivity index (χ3n) is 5.47. The second-order valence-corrected chi connectivity index (χ2v) is 8.56. The van der Waals surface area contributed by atoms with Gasteiger partial charge in [-0.3, -0.25) is 9.69 Å². The summed E-state index contributed by atoms with van der Waals surface area (Å²) in [5, 5.41) is 29.6. The maximum Gasteiger partial charge on any atom is 0.345 e. The Kier molecular flexibility index (Phi) is 6.49. The van der Waals surface area contributed by atoms with Crippen molar-refractivity contribution in [2.24, 2.45) is 5.41 Å². The fourth-order valence-electron chi connectivity index (χ4n) is 3.91. The summed E-state index contributed by atoms with van der Waals surface area (Å²) in [5.41, 5.74) is -0.0371. The zero-order valence-corrected chi connectivity index (χ0v) is 16.4. The van der Waals surface area contributed by atoms with Crippen LogP contribution in [0.15, 0.2) is 42.5 Å². The molecule has 1 fully saturated rings. The zero-order valence-electron chi connectivity index (χ0n) is 15.6. The molecule has 0 amide bonds. The van der Waals surface area contributed by atoms with E-state index < -0.39 is 23.5 Å². The molecule has 3 rings (SSSR count). The number of aryl methyl sites for hydroxylation is 1. The first-order valence-corrected chi connectivity index (χ1v) is 10.2. The molecule has 1 aliphatic heterocycles. The Morgan fingerprint density at radius 2 is 1.89 bits per heavy atom. The molecule has 0 spiro atoms. The SMILES string of the molecule is O=C(O)c1ccc(CN2CC[C@H](O)[C@](CCCc3ccccc3)(C(=O)O)C2)s1. The minimum absolute atomic E-state index is 0.262. The van der Waals surface area contributed by atoms with Crippen LogP contribution in [0.25, 0.3) is 0 Å². The third-order valence-corrected chi connectivity index (χ3v) is 6.53. The number of aromatic carboxylic acids is 1. The van der Waals surface area contributed by atoms with Gasteiger partial charge in [-0.15, -0.1) is 11.3 Å². The van der Waals surface area contributed by atoms with E-state index in [4.69, 9.17) is 5.11 Å². The highest BCUT2D eigenvalue weighted by atomic mass is 32.1. The van der Waals surface area contributed by atoms with Crippen molar-refractivity contribution in [1.82, 2.24) is 4.90 Å². The number of thiophene rings is 1. The second-order valence-electron chi connectivity index (χ2n) is 7.39. The number of aliphatic hydroxyl groups excluding tert-OH is 1. The van der Waals surface area contributed by atoms with Gasteiger partial charge >= 0.3 is 11.9 Å². The predicted octanol–water partition coefficient (Wildman–Crippen LogP) is 3.11. The standard InChI is InChI=1S/C21H25NO5S/c23-18-10-12-22(13-16-8-9-17(28-16)19(24)25)14-21(18,20(26)27)11-4-7-15-5-2-1-3-6-15/h1-3,5-6,8-9,18,23H,4,7,10-14H2,(H,24,25)(H,26,27)/t18-,21+/m0/s1. The van der Waals surface area contributed by atoms with Crippen LogP contribution in [0.5, 0.6) is 0 Å². The van der Waals surface area contributed by atoms with Crippen LogP contribution in [0, 0.1) is 5.41 Å². The predicted molar refractivity (Wildman–Crippen MR) is 107 cm³/mol. The molecule has 2 atom stereocenters. The summed E-state index contributed by atoms with van der Waals surface area (Å²) in [4.78, 5) is 26.4. The van der Waals surface area contributed by atoms with E-state index in [-0.39, 0.29) is 11.4 Å². The number of piperidine rings is 1. The normalized spacial score (nSPS) is 22.8. The van der Waals surface area contributed by atoms with Crippen LogP contribution in [-0.2, 0) is 17.8 Å². The van der Waals surface area contributed by atoms with Gasteiger partial charge < -0.3 is 15.3 Å². The van der Waals surface area contributed by atoms with E-state index in [9.17, 15) is 19.8 Å². The first-order valence-electron chi connectivity index (χ1n) is 9.40. The molecular formula is C21H25NO5S. The fourth-order valence-corrected chi connectivity index (χ4v) is 4.80. The highest BCUT2D eigenvalue weighted by Gasteiger charge is 2.48. The quantitative estimate of drug-likeness (QED) is 0.627. The molecule has 0 saturated carbocycles. The number of rotatable bonds is 8. The lowest BCUT2D eigenvalue weighted by Gasteiger charge is -2.43. The lowest BCUT2D eigenvalue weighted by Crippen LogP contribution is -2.55. The van der Waals surface area contributed by atoms with Gasteiger partial charge in [-0.25, -0.2) is 4.79 Å². The summed E-state index contributed by atoms with van der Waals surface area (Å²) in [6, 6.07) is 13.3. The molecule has 1 saturated heterocycles. The summed E-state index contributed by atoms with van der Waals surface area (Å²) in [6.07, 6.45) is 1.38. The number of carboxylic acid groups (broad SMARTS) is 2. The van der Waals surface area contributed by atoms with E-state index >= 15 is 0 Å². The van der Waals surface area contributed by atoms with Crippen LogP contribution in [0.2, 0.25) is 0 Å². The van der Waals surface area contributed by atoms with Crippen molar-refractivity contribution in [1.29, 1.82) is 0 Å². The van der Waals surface area contributed by atoms with Crippen molar-refractivity contribution in [2.45, 2.75) is 38.3 Å². The molecule has 3 N–H and O–H groups in total. The molecule has 1 aliphatic rings. The van der Waals surface area contributed by atoms with Crippen molar-refractivity contribution < 1.29 is 24.9 Å². The van der Waals surface area contributed by atoms with E-state index in [1.54, 1.807) is 12.1 Å². The Bertz CT molecular complexity index is 821. The van der Waals surface area contributed by atoms with Crippen molar-refractivity contribution in [3.63, 3.8) is 0 Å². The van der Waals surface area contributed by atoms with Crippen LogP contribution >= 0.6 is 11.3 Å². The van der Waals surface area contributed by atoms with Gasteiger partial charge in [0.2, 0.25) is 0 Å². The number of carboxylic acids is 2. The number of likely N-dealkylation sites (tertiary alicyclic amines) is 1. The highest BCUT2D eigenvalue weighted by Crippen LogP contribution is 2.37. The number of benzene rings is 1. The maximum absolute atomic E-state index is 12.2. The molecule has 0 bridgehead atoms. The Hall–Kier alpha value is -2.22. The molecule has 0 aliphatic carbocycles. The van der Waals surface area contributed by atoms with E-state index in [0.29, 0.717) is 32.4 Å². The molecule has 1 aromatic carbocycles. The van der Waals surface area contributed by atoms with E-state index in [1.807, 2.05) is 35.2 Å². The van der Waals surface area contributed by atoms with Crippen molar-refractivity contribution in [2.75, 3.05) is 13.1 Å². The summed E-state index contributed by atoms with van der Waals surface area (Å²) in [6.45, 7) is 1.35. The minimum Gasteiger partial charge on any atom is -0.481 e. The van der Waals surface area contributed by atoms with Gasteiger partial charge in [0.15, 0.2) is 0 Å². The van der Waals surface area contributed by atoms with Crippen LogP contribution in [0.4, 0.5) is 0 Å². The largest absolute Gasteiger partial charge is 0.481 e. The zero-order chi connectivity index (χ0) is 20.1. The molecule has 2 heterocycles. The number of aliphatic carboxylic acids is 1. The third kappa shape index (κ3) is 4.60. The topological polar surface area (TPSA) is 98.1 Å². The number of nitrogens with zero attached hydrogens (tertiary/aromatic N) is 1. The fraction of sp³-hybridized carbons (Fsp3) is 0.429. The number of hydrogen-bond acceptors (Lipinski definition) is 5. The van der Waals surface area contributed by atoms with Gasteiger partial charge in [0.1, 0.15) is 10.3 Å². The minimum atomic E-state index is -1.19. The van der Waals surface area contributed by atoms with Gasteiger partial charge in [-0.05, 0) is 43.4 Å². The molecule has 6 nitrogen and oxygen atoms in total. The number of aliphatic hydroxyl groups is 1. The molecular weight excluding hydrogens is 378 g/mol. The lowest BCUT2D eigenvalue weighted by atomic mass is 9.73. The summed E-state index contributed by atoms with van der Waals surface area (Å²) >= 11 is 1.21. The summed E-state index contributed by atoms with van der Waals surface area (Å²) in [7, 11) is 0. The van der Waals surface area contributed by atoms with Gasteiger partial charge in [0.25, 0.3) is 0 Å². The second kappa shape index (κ2) is 8.86. The first-order chi connectivity index (χ1) is 13.4. The Balaban J connectivity index is 1.67. The van der Waals surface area contributed by atoms with Crippen molar-refractivity contribution >= 4 is 23.3 Å². The van der Waals surface area contributed by atoms with Crippen molar-refractivity contribution in [3.8, 4) is 0 Å². The monoisotopic (exact) mass is 403 g/mol. The van der Waals surface area contributed by atoms with Crippen molar-refractivity contribution in [3.05, 3.63) is 57.8 Å². The van der Waals surface area contributed by atoms with Gasteiger partial charge in [0.05, 0.1) is 6.10 Å². The van der Waals surface area contributed by atoms with Gasteiger partial charge in [-0.2, -0.15) is 0 Å². The number of carbonyl (C=O) groups is 2. The van der Waals surface area contributed by atoms with Gasteiger partial charge in [-0.1, -0.05) is 30.3 Å². The highest BCUT2D eigenvalue weighted by molar-refractivity contribution is 7.13. The van der Waals surface area contributed by atoms with E-state index in [1.165, 1.54) is 11.3 Å². The Morgan fingerprint density at radius 1 is 1.14 bits per heavy atom. The Labute approximate surface area is 168 Å².